The first-order valence-electron chi connectivity index (χ1n) is 3.98. The summed E-state index contributed by atoms with van der Waals surface area (Å²) in [4.78, 5) is 10.2. The molecule has 0 atom stereocenters. The molecule has 0 aromatic carbocycles. The van der Waals surface area contributed by atoms with Crippen molar-refractivity contribution < 1.29 is 14.3 Å². The van der Waals surface area contributed by atoms with Crippen LogP contribution in [0.2, 0.25) is 0 Å². The third kappa shape index (κ3) is 9.43. The highest BCUT2D eigenvalue weighted by Crippen LogP contribution is 1.93. The van der Waals surface area contributed by atoms with E-state index in [1.807, 2.05) is 0 Å². The van der Waals surface area contributed by atoms with E-state index in [0.717, 1.165) is 6.42 Å². The van der Waals surface area contributed by atoms with Gasteiger partial charge in [-0.2, -0.15) is 0 Å². The van der Waals surface area contributed by atoms with Crippen molar-refractivity contribution >= 4 is 5.97 Å². The predicted octanol–water partition coefficient (Wildman–Crippen LogP) is 1.71. The second kappa shape index (κ2) is 7.54. The molecule has 0 saturated heterocycles. The molecule has 0 fully saturated rings. The first kappa shape index (κ1) is 10.4. The van der Waals surface area contributed by atoms with Crippen molar-refractivity contribution in [3.05, 3.63) is 0 Å². The Kier molecular flexibility index (Phi) is 7.15. The minimum absolute atomic E-state index is 0.0963. The van der Waals surface area contributed by atoms with E-state index in [1.54, 1.807) is 0 Å². The minimum Gasteiger partial charge on any atom is -0.439 e. The number of carbonyl (C=O) groups is 1. The Balaban J connectivity index is 2.85. The van der Waals surface area contributed by atoms with Crippen LogP contribution < -0.4 is 0 Å². The van der Waals surface area contributed by atoms with Crippen LogP contribution in [0.3, 0.4) is 0 Å². The average molecular weight is 160 g/mol. The molecular weight excluding hydrogens is 144 g/mol. The molecule has 0 N–H and O–H groups in total. The molecule has 0 radical (unpaired) electrons. The van der Waals surface area contributed by atoms with Gasteiger partial charge in [-0.1, -0.05) is 19.8 Å². The van der Waals surface area contributed by atoms with Crippen LogP contribution in [-0.2, 0) is 14.3 Å². The fourth-order valence-corrected chi connectivity index (χ4v) is 0.638. The molecule has 66 valence electrons. The lowest BCUT2D eigenvalue weighted by atomic mass is 10.3. The van der Waals surface area contributed by atoms with E-state index in [-0.39, 0.29) is 12.8 Å². The van der Waals surface area contributed by atoms with Crippen LogP contribution in [0.1, 0.15) is 33.1 Å². The van der Waals surface area contributed by atoms with E-state index >= 15 is 0 Å². The molecule has 0 aliphatic rings. The summed E-state index contributed by atoms with van der Waals surface area (Å²) in [5.41, 5.74) is 0. The molecule has 0 amide bonds. The fourth-order valence-electron chi connectivity index (χ4n) is 0.638. The number of ether oxygens (including phenoxy) is 2. The summed E-state index contributed by atoms with van der Waals surface area (Å²) in [5.74, 6) is -0.291. The van der Waals surface area contributed by atoms with E-state index in [0.29, 0.717) is 6.61 Å². The second-order valence-corrected chi connectivity index (χ2v) is 2.37. The first-order chi connectivity index (χ1) is 5.27. The monoisotopic (exact) mass is 160 g/mol. The molecule has 0 aliphatic heterocycles. The summed E-state index contributed by atoms with van der Waals surface area (Å²) < 4.78 is 9.56. The first-order valence-corrected chi connectivity index (χ1v) is 3.98. The van der Waals surface area contributed by atoms with Gasteiger partial charge in [0.05, 0.1) is 6.61 Å². The SMILES string of the molecule is CCCCCOCOC(C)=O. The van der Waals surface area contributed by atoms with E-state index in [2.05, 4.69) is 11.7 Å². The zero-order valence-corrected chi connectivity index (χ0v) is 7.26. The lowest BCUT2D eigenvalue weighted by Gasteiger charge is -2.02. The highest BCUT2D eigenvalue weighted by Gasteiger charge is 1.91. The van der Waals surface area contributed by atoms with Crippen molar-refractivity contribution in [1.82, 2.24) is 0 Å². The number of hydrogen-bond donors (Lipinski definition) is 0. The number of hydrogen-bond acceptors (Lipinski definition) is 3. The van der Waals surface area contributed by atoms with Crippen LogP contribution in [0.15, 0.2) is 0 Å². The summed E-state index contributed by atoms with van der Waals surface area (Å²) in [6.07, 6.45) is 3.38. The Morgan fingerprint density at radius 1 is 1.36 bits per heavy atom. The van der Waals surface area contributed by atoms with Crippen LogP contribution in [0.5, 0.6) is 0 Å². The smallest absolute Gasteiger partial charge is 0.304 e. The van der Waals surface area contributed by atoms with Crippen molar-refractivity contribution in [1.29, 1.82) is 0 Å². The molecule has 11 heavy (non-hydrogen) atoms. The predicted molar refractivity (Wildman–Crippen MR) is 42.1 cm³/mol. The zero-order valence-electron chi connectivity index (χ0n) is 7.26. The van der Waals surface area contributed by atoms with Crippen LogP contribution in [-0.4, -0.2) is 19.4 Å². The van der Waals surface area contributed by atoms with Gasteiger partial charge >= 0.3 is 5.97 Å². The maximum absolute atomic E-state index is 10.2. The fraction of sp³-hybridized carbons (Fsp3) is 0.875. The summed E-state index contributed by atoms with van der Waals surface area (Å²) in [5, 5.41) is 0. The summed E-state index contributed by atoms with van der Waals surface area (Å²) in [6.45, 7) is 4.28. The molecule has 0 aromatic rings. The Labute approximate surface area is 67.7 Å². The number of rotatable bonds is 6. The number of carbonyl (C=O) groups excluding carboxylic acids is 1. The van der Waals surface area contributed by atoms with Gasteiger partial charge in [0.25, 0.3) is 0 Å². The standard InChI is InChI=1S/C8H16O3/c1-3-4-5-6-10-7-11-8(2)9/h3-7H2,1-2H3. The Morgan fingerprint density at radius 2 is 2.09 bits per heavy atom. The molecule has 3 heteroatoms. The van der Waals surface area contributed by atoms with Crippen LogP contribution in [0, 0.1) is 0 Å². The van der Waals surface area contributed by atoms with Crippen molar-refractivity contribution in [2.24, 2.45) is 0 Å². The van der Waals surface area contributed by atoms with Gasteiger partial charge in [-0.05, 0) is 6.42 Å². The van der Waals surface area contributed by atoms with Gasteiger partial charge in [-0.3, -0.25) is 4.79 Å². The largest absolute Gasteiger partial charge is 0.439 e. The molecular formula is C8H16O3. The highest BCUT2D eigenvalue weighted by atomic mass is 16.7. The van der Waals surface area contributed by atoms with Gasteiger partial charge < -0.3 is 9.47 Å². The lowest BCUT2D eigenvalue weighted by Crippen LogP contribution is -2.05. The maximum atomic E-state index is 10.2. The van der Waals surface area contributed by atoms with Crippen molar-refractivity contribution in [3.63, 3.8) is 0 Å². The van der Waals surface area contributed by atoms with E-state index in [9.17, 15) is 4.79 Å². The van der Waals surface area contributed by atoms with E-state index in [1.165, 1.54) is 19.8 Å². The van der Waals surface area contributed by atoms with Crippen LogP contribution in [0.25, 0.3) is 0 Å². The molecule has 0 aliphatic carbocycles. The summed E-state index contributed by atoms with van der Waals surface area (Å²) in [6, 6.07) is 0. The van der Waals surface area contributed by atoms with Gasteiger partial charge in [0.1, 0.15) is 0 Å². The minimum atomic E-state index is -0.291. The molecule has 0 unspecified atom stereocenters. The van der Waals surface area contributed by atoms with Crippen molar-refractivity contribution in [2.45, 2.75) is 33.1 Å². The Bertz CT molecular complexity index is 102. The van der Waals surface area contributed by atoms with Gasteiger partial charge in [0.2, 0.25) is 0 Å². The third-order valence-corrected chi connectivity index (χ3v) is 1.24. The van der Waals surface area contributed by atoms with Gasteiger partial charge in [-0.15, -0.1) is 0 Å². The van der Waals surface area contributed by atoms with Gasteiger partial charge in [0.15, 0.2) is 6.79 Å². The highest BCUT2D eigenvalue weighted by molar-refractivity contribution is 5.65. The lowest BCUT2D eigenvalue weighted by molar-refractivity contribution is -0.153. The van der Waals surface area contributed by atoms with Crippen molar-refractivity contribution in [3.8, 4) is 0 Å². The van der Waals surface area contributed by atoms with Crippen molar-refractivity contribution in [2.75, 3.05) is 13.4 Å². The third-order valence-electron chi connectivity index (χ3n) is 1.24. The number of unbranched alkanes of at least 4 members (excludes halogenated alkanes) is 2. The van der Waals surface area contributed by atoms with Crippen LogP contribution in [0.4, 0.5) is 0 Å². The maximum Gasteiger partial charge on any atom is 0.304 e. The summed E-state index contributed by atoms with van der Waals surface area (Å²) >= 11 is 0. The number of esters is 1. The average Bonchev–Trinajstić information content (AvgIpc) is 1.96. The van der Waals surface area contributed by atoms with Gasteiger partial charge in [-0.25, -0.2) is 0 Å². The molecule has 0 rings (SSSR count). The molecule has 0 spiro atoms. The Hall–Kier alpha value is -0.570. The van der Waals surface area contributed by atoms with E-state index in [4.69, 9.17) is 4.74 Å². The molecule has 0 heterocycles. The zero-order chi connectivity index (χ0) is 8.53. The molecule has 0 saturated carbocycles. The normalized spacial score (nSPS) is 9.64. The topological polar surface area (TPSA) is 35.5 Å². The van der Waals surface area contributed by atoms with Crippen LogP contribution >= 0.6 is 0 Å². The molecule has 3 nitrogen and oxygen atoms in total. The van der Waals surface area contributed by atoms with E-state index < -0.39 is 0 Å². The molecule has 0 bridgehead atoms. The quantitative estimate of drug-likeness (QED) is 0.337. The Morgan fingerprint density at radius 3 is 2.64 bits per heavy atom. The summed E-state index contributed by atoms with van der Waals surface area (Å²) in [7, 11) is 0. The molecule has 0 aromatic heterocycles. The second-order valence-electron chi connectivity index (χ2n) is 2.37. The van der Waals surface area contributed by atoms with Gasteiger partial charge in [0, 0.05) is 6.92 Å².